The minimum atomic E-state index is -1.12. The quantitative estimate of drug-likeness (QED) is 0.837. The molecular weight excluding hydrogens is 340 g/mol. The van der Waals surface area contributed by atoms with Crippen molar-refractivity contribution in [2.45, 2.75) is 19.6 Å². The van der Waals surface area contributed by atoms with Gasteiger partial charge < -0.3 is 10.1 Å². The minimum absolute atomic E-state index is 0.147. The largest absolute Gasteiger partial charge is 0.449 e. The molecule has 0 aliphatic heterocycles. The fourth-order valence-corrected chi connectivity index (χ4v) is 2.03. The number of esters is 1. The molecule has 0 heterocycles. The van der Waals surface area contributed by atoms with Gasteiger partial charge in [0, 0.05) is 11.6 Å². The van der Waals surface area contributed by atoms with Gasteiger partial charge in [0.1, 0.15) is 11.6 Å². The van der Waals surface area contributed by atoms with E-state index in [-0.39, 0.29) is 22.9 Å². The third-order valence-corrected chi connectivity index (χ3v) is 3.42. The molecule has 1 atom stereocenters. The van der Waals surface area contributed by atoms with E-state index in [1.165, 1.54) is 43.3 Å². The molecule has 24 heavy (non-hydrogen) atoms. The lowest BCUT2D eigenvalue weighted by atomic mass is 10.2. The molecule has 1 amide bonds. The zero-order valence-corrected chi connectivity index (χ0v) is 13.4. The first kappa shape index (κ1) is 17.9. The van der Waals surface area contributed by atoms with Gasteiger partial charge in [-0.25, -0.2) is 13.6 Å². The highest BCUT2D eigenvalue weighted by Crippen LogP contribution is 2.16. The number of carbonyl (C=O) groups is 2. The number of hydrogen-bond acceptors (Lipinski definition) is 3. The van der Waals surface area contributed by atoms with Crippen molar-refractivity contribution in [1.82, 2.24) is 5.32 Å². The predicted molar refractivity (Wildman–Crippen MR) is 84.5 cm³/mol. The average molecular weight is 354 g/mol. The lowest BCUT2D eigenvalue weighted by molar-refractivity contribution is -0.129. The van der Waals surface area contributed by atoms with Gasteiger partial charge in [-0.15, -0.1) is 0 Å². The van der Waals surface area contributed by atoms with Crippen molar-refractivity contribution in [3.63, 3.8) is 0 Å². The second kappa shape index (κ2) is 7.88. The van der Waals surface area contributed by atoms with Gasteiger partial charge in [-0.2, -0.15) is 0 Å². The van der Waals surface area contributed by atoms with E-state index >= 15 is 0 Å². The highest BCUT2D eigenvalue weighted by atomic mass is 35.5. The third kappa shape index (κ3) is 4.76. The van der Waals surface area contributed by atoms with Crippen LogP contribution < -0.4 is 5.32 Å². The molecular formula is C17H14ClF2NO3. The van der Waals surface area contributed by atoms with Gasteiger partial charge in [-0.05, 0) is 42.8 Å². The Hall–Kier alpha value is -2.47. The highest BCUT2D eigenvalue weighted by Gasteiger charge is 2.21. The van der Waals surface area contributed by atoms with Gasteiger partial charge in [0.05, 0.1) is 5.56 Å². The Labute approximate surface area is 142 Å². The average Bonchev–Trinajstić information content (AvgIpc) is 2.53. The molecule has 0 saturated heterocycles. The summed E-state index contributed by atoms with van der Waals surface area (Å²) in [6.07, 6.45) is -1.12. The maximum Gasteiger partial charge on any atom is 0.341 e. The van der Waals surface area contributed by atoms with E-state index in [0.717, 1.165) is 6.07 Å². The van der Waals surface area contributed by atoms with E-state index in [0.29, 0.717) is 5.56 Å². The number of hydrogen-bond donors (Lipinski definition) is 1. The van der Waals surface area contributed by atoms with Crippen molar-refractivity contribution in [2.75, 3.05) is 0 Å². The number of carbonyl (C=O) groups excluding carboxylic acids is 2. The fraction of sp³-hybridized carbons (Fsp3) is 0.176. The summed E-state index contributed by atoms with van der Waals surface area (Å²) in [5, 5.41) is 2.69. The molecule has 7 heteroatoms. The smallest absolute Gasteiger partial charge is 0.341 e. The number of rotatable bonds is 5. The first-order chi connectivity index (χ1) is 11.4. The summed E-state index contributed by atoms with van der Waals surface area (Å²) in [5.41, 5.74) is 0.379. The van der Waals surface area contributed by atoms with Crippen molar-refractivity contribution in [1.29, 1.82) is 0 Å². The summed E-state index contributed by atoms with van der Waals surface area (Å²) in [5.74, 6) is -2.72. The second-order valence-corrected chi connectivity index (χ2v) is 5.45. The third-order valence-electron chi connectivity index (χ3n) is 3.18. The zero-order valence-electron chi connectivity index (χ0n) is 12.7. The molecule has 0 aromatic heterocycles. The van der Waals surface area contributed by atoms with E-state index in [2.05, 4.69) is 5.32 Å². The summed E-state index contributed by atoms with van der Waals surface area (Å²) in [6.45, 7) is 1.52. The number of benzene rings is 2. The molecule has 1 N–H and O–H groups in total. The number of amides is 1. The van der Waals surface area contributed by atoms with E-state index in [1.807, 2.05) is 0 Å². The Balaban J connectivity index is 1.90. The van der Waals surface area contributed by atoms with Crippen molar-refractivity contribution in [3.05, 3.63) is 70.2 Å². The van der Waals surface area contributed by atoms with Crippen LogP contribution in [-0.4, -0.2) is 18.0 Å². The van der Waals surface area contributed by atoms with Crippen LogP contribution in [0.4, 0.5) is 8.78 Å². The van der Waals surface area contributed by atoms with Gasteiger partial charge in [-0.1, -0.05) is 23.7 Å². The molecule has 0 unspecified atom stereocenters. The van der Waals surface area contributed by atoms with Crippen LogP contribution in [0.2, 0.25) is 5.02 Å². The SMILES string of the molecule is C[C@H](OC(=O)c1ccc(Cl)cc1F)C(=O)NCc1ccc(F)cc1. The van der Waals surface area contributed by atoms with E-state index in [9.17, 15) is 18.4 Å². The first-order valence-electron chi connectivity index (χ1n) is 7.05. The zero-order chi connectivity index (χ0) is 17.7. The highest BCUT2D eigenvalue weighted by molar-refractivity contribution is 6.30. The molecule has 0 fully saturated rings. The lowest BCUT2D eigenvalue weighted by Gasteiger charge is -2.14. The van der Waals surface area contributed by atoms with Crippen LogP contribution in [0.15, 0.2) is 42.5 Å². The van der Waals surface area contributed by atoms with E-state index in [4.69, 9.17) is 16.3 Å². The van der Waals surface area contributed by atoms with Gasteiger partial charge in [0.15, 0.2) is 6.10 Å². The molecule has 2 rings (SSSR count). The number of halogens is 3. The molecule has 0 aliphatic carbocycles. The molecule has 0 spiro atoms. The Morgan fingerprint density at radius 2 is 1.83 bits per heavy atom. The standard InChI is InChI=1S/C17H14ClF2NO3/c1-10(16(22)21-9-11-2-5-13(19)6-3-11)24-17(23)14-7-4-12(18)8-15(14)20/h2-8,10H,9H2,1H3,(H,21,22)/t10-/m0/s1. The topological polar surface area (TPSA) is 55.4 Å². The molecule has 0 aliphatic rings. The van der Waals surface area contributed by atoms with Crippen molar-refractivity contribution in [2.24, 2.45) is 0 Å². The Kier molecular flexibility index (Phi) is 5.87. The lowest BCUT2D eigenvalue weighted by Crippen LogP contribution is -2.35. The fourth-order valence-electron chi connectivity index (χ4n) is 1.87. The van der Waals surface area contributed by atoms with Gasteiger partial charge in [0.25, 0.3) is 5.91 Å². The molecule has 4 nitrogen and oxygen atoms in total. The van der Waals surface area contributed by atoms with Gasteiger partial charge in [-0.3, -0.25) is 4.79 Å². The van der Waals surface area contributed by atoms with Gasteiger partial charge >= 0.3 is 5.97 Å². The Morgan fingerprint density at radius 3 is 2.46 bits per heavy atom. The number of ether oxygens (including phenoxy) is 1. The maximum atomic E-state index is 13.6. The van der Waals surface area contributed by atoms with Crippen LogP contribution >= 0.6 is 11.6 Å². The molecule has 126 valence electrons. The van der Waals surface area contributed by atoms with Crippen molar-refractivity contribution >= 4 is 23.5 Å². The monoisotopic (exact) mass is 353 g/mol. The summed E-state index contributed by atoms with van der Waals surface area (Å²) < 4.78 is 31.4. The van der Waals surface area contributed by atoms with Crippen molar-refractivity contribution in [3.8, 4) is 0 Å². The van der Waals surface area contributed by atoms with Crippen LogP contribution in [0.1, 0.15) is 22.8 Å². The van der Waals surface area contributed by atoms with Crippen LogP contribution in [0.25, 0.3) is 0 Å². The Bertz CT molecular complexity index is 750. The van der Waals surface area contributed by atoms with Crippen LogP contribution in [0.5, 0.6) is 0 Å². The normalized spacial score (nSPS) is 11.7. The predicted octanol–water partition coefficient (Wildman–Crippen LogP) is 3.48. The summed E-state index contributed by atoms with van der Waals surface area (Å²) in [4.78, 5) is 23.8. The van der Waals surface area contributed by atoms with E-state index < -0.39 is 23.8 Å². The van der Waals surface area contributed by atoms with Crippen LogP contribution in [0.3, 0.4) is 0 Å². The van der Waals surface area contributed by atoms with Crippen LogP contribution in [-0.2, 0) is 16.1 Å². The summed E-state index contributed by atoms with van der Waals surface area (Å²) >= 11 is 5.61. The van der Waals surface area contributed by atoms with E-state index in [1.54, 1.807) is 0 Å². The summed E-state index contributed by atoms with van der Waals surface area (Å²) in [7, 11) is 0. The van der Waals surface area contributed by atoms with Crippen LogP contribution in [0, 0.1) is 11.6 Å². The second-order valence-electron chi connectivity index (χ2n) is 5.02. The molecule has 0 saturated carbocycles. The number of nitrogens with one attached hydrogen (secondary N) is 1. The maximum absolute atomic E-state index is 13.6. The Morgan fingerprint density at radius 1 is 1.17 bits per heavy atom. The molecule has 0 radical (unpaired) electrons. The first-order valence-corrected chi connectivity index (χ1v) is 7.43. The minimum Gasteiger partial charge on any atom is -0.449 e. The molecule has 2 aromatic carbocycles. The molecule has 0 bridgehead atoms. The van der Waals surface area contributed by atoms with Gasteiger partial charge in [0.2, 0.25) is 0 Å². The molecule has 2 aromatic rings. The summed E-state index contributed by atoms with van der Waals surface area (Å²) in [6, 6.07) is 9.11. The van der Waals surface area contributed by atoms with Crippen molar-refractivity contribution < 1.29 is 23.1 Å².